The van der Waals surface area contributed by atoms with Gasteiger partial charge in [0, 0.05) is 25.9 Å². The topological polar surface area (TPSA) is 48.2 Å². The van der Waals surface area contributed by atoms with E-state index in [9.17, 15) is 4.39 Å². The maximum atomic E-state index is 13.2. The molecule has 0 fully saturated rings. The number of rotatable bonds is 1. The van der Waals surface area contributed by atoms with E-state index < -0.39 is 0 Å². The van der Waals surface area contributed by atoms with Crippen LogP contribution in [-0.4, -0.2) is 14.0 Å². The van der Waals surface area contributed by atoms with Crippen molar-refractivity contribution in [2.24, 2.45) is 12.8 Å². The minimum Gasteiger partial charge on any atom is -0.325 e. The molecule has 2 N–H and O–H groups in total. The number of benzene rings is 1. The second-order valence-corrected chi connectivity index (χ2v) is 3.80. The molecule has 2 aromatic heterocycles. The molecule has 0 unspecified atom stereocenters. The highest BCUT2D eigenvalue weighted by molar-refractivity contribution is 5.80. The van der Waals surface area contributed by atoms with E-state index in [1.165, 1.54) is 12.1 Å². The Labute approximate surface area is 91.1 Å². The fourth-order valence-corrected chi connectivity index (χ4v) is 2.01. The van der Waals surface area contributed by atoms with Crippen LogP contribution in [0.5, 0.6) is 0 Å². The van der Waals surface area contributed by atoms with Crippen LogP contribution in [0.15, 0.2) is 24.4 Å². The Morgan fingerprint density at radius 3 is 2.94 bits per heavy atom. The molecule has 0 bridgehead atoms. The molecule has 3 aromatic rings. The van der Waals surface area contributed by atoms with Crippen molar-refractivity contribution in [2.45, 2.75) is 6.54 Å². The summed E-state index contributed by atoms with van der Waals surface area (Å²) < 4.78 is 17.0. The number of hydrogen-bond donors (Lipinski definition) is 1. The zero-order valence-electron chi connectivity index (χ0n) is 8.81. The smallest absolute Gasteiger partial charge is 0.214 e. The van der Waals surface area contributed by atoms with E-state index in [0.717, 1.165) is 22.5 Å². The van der Waals surface area contributed by atoms with Gasteiger partial charge in [-0.15, -0.1) is 0 Å². The third kappa shape index (κ3) is 1.09. The first-order valence-corrected chi connectivity index (χ1v) is 5.02. The van der Waals surface area contributed by atoms with Gasteiger partial charge in [0.05, 0.1) is 16.7 Å². The van der Waals surface area contributed by atoms with Crippen molar-refractivity contribution in [3.63, 3.8) is 0 Å². The third-order valence-electron chi connectivity index (χ3n) is 2.80. The molecule has 3 rings (SSSR count). The molecule has 0 atom stereocenters. The molecule has 82 valence electrons. The first-order chi connectivity index (χ1) is 7.70. The zero-order valence-corrected chi connectivity index (χ0v) is 8.81. The van der Waals surface area contributed by atoms with Gasteiger partial charge in [-0.3, -0.25) is 4.40 Å². The van der Waals surface area contributed by atoms with Gasteiger partial charge in [-0.1, -0.05) is 0 Å². The van der Waals surface area contributed by atoms with E-state index in [1.807, 2.05) is 22.2 Å². The van der Waals surface area contributed by atoms with Gasteiger partial charge in [-0.2, -0.15) is 0 Å². The van der Waals surface area contributed by atoms with Gasteiger partial charge in [0.25, 0.3) is 0 Å². The highest BCUT2D eigenvalue weighted by Crippen LogP contribution is 2.20. The minimum absolute atomic E-state index is 0.247. The summed E-state index contributed by atoms with van der Waals surface area (Å²) in [7, 11) is 1.91. The highest BCUT2D eigenvalue weighted by atomic mass is 19.1. The number of nitrogens with two attached hydrogens (primary N) is 1. The molecular weight excluding hydrogens is 207 g/mol. The monoisotopic (exact) mass is 218 g/mol. The van der Waals surface area contributed by atoms with Crippen molar-refractivity contribution < 1.29 is 4.39 Å². The van der Waals surface area contributed by atoms with Crippen LogP contribution in [0.25, 0.3) is 16.8 Å². The molecular formula is C11H11FN4. The number of hydrogen-bond acceptors (Lipinski definition) is 2. The summed E-state index contributed by atoms with van der Waals surface area (Å²) in [4.78, 5) is 4.38. The number of aryl methyl sites for hydroxylation is 1. The average Bonchev–Trinajstić information content (AvgIpc) is 2.80. The SMILES string of the molecule is Cn1c2ccc(F)cc2n2cc(CN)nc12. The number of aromatic nitrogens is 3. The summed E-state index contributed by atoms with van der Waals surface area (Å²) in [6, 6.07) is 4.71. The number of imidazole rings is 2. The quantitative estimate of drug-likeness (QED) is 0.671. The molecule has 0 spiro atoms. The molecule has 5 heteroatoms. The lowest BCUT2D eigenvalue weighted by atomic mass is 10.3. The molecule has 0 aliphatic heterocycles. The van der Waals surface area contributed by atoms with E-state index >= 15 is 0 Å². The minimum atomic E-state index is -0.247. The lowest BCUT2D eigenvalue weighted by Crippen LogP contribution is -1.96. The van der Waals surface area contributed by atoms with Gasteiger partial charge < -0.3 is 10.3 Å². The van der Waals surface area contributed by atoms with E-state index in [1.54, 1.807) is 6.07 Å². The first kappa shape index (κ1) is 9.35. The van der Waals surface area contributed by atoms with Gasteiger partial charge in [-0.25, -0.2) is 9.37 Å². The van der Waals surface area contributed by atoms with E-state index in [-0.39, 0.29) is 5.82 Å². The Morgan fingerprint density at radius 1 is 1.38 bits per heavy atom. The Morgan fingerprint density at radius 2 is 2.19 bits per heavy atom. The predicted molar refractivity (Wildman–Crippen MR) is 59.5 cm³/mol. The second-order valence-electron chi connectivity index (χ2n) is 3.80. The van der Waals surface area contributed by atoms with Crippen molar-refractivity contribution in [3.05, 3.63) is 35.9 Å². The molecule has 0 amide bonds. The summed E-state index contributed by atoms with van der Waals surface area (Å²) in [6.45, 7) is 0.387. The van der Waals surface area contributed by atoms with Crippen molar-refractivity contribution in [1.29, 1.82) is 0 Å². The van der Waals surface area contributed by atoms with Gasteiger partial charge in [0.1, 0.15) is 5.82 Å². The van der Waals surface area contributed by atoms with Crippen LogP contribution in [0.4, 0.5) is 4.39 Å². The summed E-state index contributed by atoms with van der Waals surface area (Å²) in [5.74, 6) is 0.532. The van der Waals surface area contributed by atoms with Crippen molar-refractivity contribution in [2.75, 3.05) is 0 Å². The van der Waals surface area contributed by atoms with Gasteiger partial charge >= 0.3 is 0 Å². The molecule has 0 saturated carbocycles. The molecule has 0 saturated heterocycles. The summed E-state index contributed by atoms with van der Waals surface area (Å²) in [6.07, 6.45) is 1.84. The van der Waals surface area contributed by atoms with Gasteiger partial charge in [-0.05, 0) is 12.1 Å². The number of halogens is 1. The van der Waals surface area contributed by atoms with Crippen LogP contribution in [0.1, 0.15) is 5.69 Å². The maximum absolute atomic E-state index is 13.2. The van der Waals surface area contributed by atoms with Crippen LogP contribution in [0.3, 0.4) is 0 Å². The van der Waals surface area contributed by atoms with Crippen molar-refractivity contribution in [3.8, 4) is 0 Å². The molecule has 0 aliphatic carbocycles. The van der Waals surface area contributed by atoms with Gasteiger partial charge in [0.15, 0.2) is 0 Å². The molecule has 0 aliphatic rings. The van der Waals surface area contributed by atoms with Crippen LogP contribution in [0, 0.1) is 5.82 Å². The predicted octanol–water partition coefficient (Wildman–Crippen LogP) is 1.42. The van der Waals surface area contributed by atoms with Crippen molar-refractivity contribution >= 4 is 16.8 Å². The van der Waals surface area contributed by atoms with E-state index in [4.69, 9.17) is 5.73 Å². The molecule has 1 aromatic carbocycles. The third-order valence-corrected chi connectivity index (χ3v) is 2.80. The Kier molecular flexibility index (Phi) is 1.79. The molecule has 2 heterocycles. The largest absolute Gasteiger partial charge is 0.325 e. The van der Waals surface area contributed by atoms with Crippen molar-refractivity contribution in [1.82, 2.24) is 14.0 Å². The first-order valence-electron chi connectivity index (χ1n) is 5.02. The van der Waals surface area contributed by atoms with Gasteiger partial charge in [0.2, 0.25) is 5.78 Å². The zero-order chi connectivity index (χ0) is 11.3. The highest BCUT2D eigenvalue weighted by Gasteiger charge is 2.11. The van der Waals surface area contributed by atoms with Crippen LogP contribution in [0.2, 0.25) is 0 Å². The summed E-state index contributed by atoms with van der Waals surface area (Å²) in [5.41, 5.74) is 8.10. The fourth-order valence-electron chi connectivity index (χ4n) is 2.01. The summed E-state index contributed by atoms with van der Waals surface area (Å²) in [5, 5.41) is 0. The molecule has 16 heavy (non-hydrogen) atoms. The normalized spacial score (nSPS) is 11.7. The average molecular weight is 218 g/mol. The standard InChI is InChI=1S/C11H11FN4/c1-15-9-3-2-7(12)4-10(9)16-6-8(5-13)14-11(15)16/h2-4,6H,5,13H2,1H3. The Bertz CT molecular complexity index is 680. The maximum Gasteiger partial charge on any atom is 0.214 e. The molecule has 0 radical (unpaired) electrons. The van der Waals surface area contributed by atoms with Crippen LogP contribution in [-0.2, 0) is 13.6 Å². The molecule has 4 nitrogen and oxygen atoms in total. The lowest BCUT2D eigenvalue weighted by molar-refractivity contribution is 0.629. The van der Waals surface area contributed by atoms with E-state index in [0.29, 0.717) is 6.54 Å². The Hall–Kier alpha value is -1.88. The fraction of sp³-hybridized carbons (Fsp3) is 0.182. The lowest BCUT2D eigenvalue weighted by Gasteiger charge is -1.95. The van der Waals surface area contributed by atoms with Crippen LogP contribution < -0.4 is 5.73 Å². The van der Waals surface area contributed by atoms with E-state index in [2.05, 4.69) is 4.98 Å². The number of fused-ring (bicyclic) bond motifs is 3. The summed E-state index contributed by atoms with van der Waals surface area (Å²) >= 11 is 0. The second kappa shape index (κ2) is 3.05. The number of nitrogens with zero attached hydrogens (tertiary/aromatic N) is 3. The Balaban J connectivity index is 2.49. The van der Waals surface area contributed by atoms with Crippen LogP contribution >= 0.6 is 0 Å².